The predicted molar refractivity (Wildman–Crippen MR) is 79.1 cm³/mol. The molecule has 0 saturated carbocycles. The first-order valence-corrected chi connectivity index (χ1v) is 6.82. The van der Waals surface area contributed by atoms with Crippen molar-refractivity contribution in [2.45, 2.75) is 6.92 Å². The molecule has 0 aliphatic carbocycles. The Balaban J connectivity index is 2.28. The van der Waals surface area contributed by atoms with Crippen LogP contribution in [0.2, 0.25) is 0 Å². The van der Waals surface area contributed by atoms with E-state index in [0.29, 0.717) is 10.6 Å². The summed E-state index contributed by atoms with van der Waals surface area (Å²) in [4.78, 5) is 5.47. The van der Waals surface area contributed by atoms with Crippen molar-refractivity contribution in [1.82, 2.24) is 4.98 Å². The molecule has 20 heavy (non-hydrogen) atoms. The maximum Gasteiger partial charge on any atom is 0.144 e. The molecule has 0 radical (unpaired) electrons. The Bertz CT molecular complexity index is 796. The van der Waals surface area contributed by atoms with E-state index in [0.717, 1.165) is 27.5 Å². The van der Waals surface area contributed by atoms with E-state index in [1.54, 1.807) is 12.4 Å². The van der Waals surface area contributed by atoms with Gasteiger partial charge in [-0.15, -0.1) is 11.3 Å². The molecule has 5 heteroatoms. The molecule has 0 unspecified atom stereocenters. The number of rotatable bonds is 2. The summed E-state index contributed by atoms with van der Waals surface area (Å²) in [7, 11) is 0. The maximum absolute atomic E-state index is 9.19. The first-order chi connectivity index (χ1) is 9.70. The van der Waals surface area contributed by atoms with E-state index < -0.39 is 0 Å². The minimum Gasteiger partial charge on any atom is -0.461 e. The highest BCUT2D eigenvalue weighted by molar-refractivity contribution is 7.17. The number of nitriles is 1. The number of aryl methyl sites for hydroxylation is 1. The fourth-order valence-corrected chi connectivity index (χ4v) is 3.06. The third-order valence-corrected chi connectivity index (χ3v) is 4.09. The van der Waals surface area contributed by atoms with Crippen LogP contribution in [-0.2, 0) is 0 Å². The Morgan fingerprint density at radius 3 is 2.80 bits per heavy atom. The number of hydrogen-bond acceptors (Lipinski definition) is 5. The molecule has 0 aliphatic rings. The lowest BCUT2D eigenvalue weighted by molar-refractivity contribution is 0.550. The van der Waals surface area contributed by atoms with Crippen LogP contribution in [0.25, 0.3) is 21.8 Å². The molecular weight excluding hydrogens is 270 g/mol. The summed E-state index contributed by atoms with van der Waals surface area (Å²) in [6.07, 6.45) is 3.44. The second kappa shape index (κ2) is 4.83. The minimum atomic E-state index is 0.481. The van der Waals surface area contributed by atoms with Gasteiger partial charge in [0.25, 0.3) is 0 Å². The van der Waals surface area contributed by atoms with Crippen LogP contribution in [0.1, 0.15) is 10.6 Å². The molecule has 0 aliphatic heterocycles. The van der Waals surface area contributed by atoms with E-state index in [2.05, 4.69) is 11.1 Å². The van der Waals surface area contributed by atoms with E-state index in [9.17, 15) is 5.26 Å². The zero-order chi connectivity index (χ0) is 14.1. The summed E-state index contributed by atoms with van der Waals surface area (Å²) in [5, 5.41) is 9.19. The highest BCUT2D eigenvalue weighted by Crippen LogP contribution is 2.44. The van der Waals surface area contributed by atoms with Crippen molar-refractivity contribution < 1.29 is 4.42 Å². The van der Waals surface area contributed by atoms with Gasteiger partial charge in [0.05, 0.1) is 10.6 Å². The lowest BCUT2D eigenvalue weighted by atomic mass is 10.1. The van der Waals surface area contributed by atoms with Crippen molar-refractivity contribution in [3.05, 3.63) is 47.3 Å². The van der Waals surface area contributed by atoms with Gasteiger partial charge in [-0.25, -0.2) is 0 Å². The SMILES string of the molecule is Cc1ccc(-c2sc(C#N)c(N)c2-c2cccnc2)o1. The van der Waals surface area contributed by atoms with Gasteiger partial charge in [0.15, 0.2) is 0 Å². The number of furan rings is 1. The molecule has 0 bridgehead atoms. The van der Waals surface area contributed by atoms with Crippen LogP contribution in [0, 0.1) is 18.3 Å². The molecule has 0 fully saturated rings. The summed E-state index contributed by atoms with van der Waals surface area (Å²) in [6.45, 7) is 1.88. The van der Waals surface area contributed by atoms with Gasteiger partial charge in [-0.05, 0) is 25.1 Å². The van der Waals surface area contributed by atoms with E-state index in [4.69, 9.17) is 10.2 Å². The van der Waals surface area contributed by atoms with Crippen molar-refractivity contribution >= 4 is 17.0 Å². The number of nitrogen functional groups attached to an aromatic ring is 1. The quantitative estimate of drug-likeness (QED) is 0.774. The van der Waals surface area contributed by atoms with Crippen molar-refractivity contribution in [3.8, 4) is 27.8 Å². The highest BCUT2D eigenvalue weighted by Gasteiger charge is 2.20. The average molecular weight is 281 g/mol. The van der Waals surface area contributed by atoms with E-state index in [-0.39, 0.29) is 0 Å². The fraction of sp³-hybridized carbons (Fsp3) is 0.0667. The summed E-state index contributed by atoms with van der Waals surface area (Å²) >= 11 is 1.34. The number of hydrogen-bond donors (Lipinski definition) is 1. The summed E-state index contributed by atoms with van der Waals surface area (Å²) in [5.74, 6) is 1.54. The molecule has 2 N–H and O–H groups in total. The lowest BCUT2D eigenvalue weighted by Crippen LogP contribution is -1.89. The van der Waals surface area contributed by atoms with Gasteiger partial charge >= 0.3 is 0 Å². The maximum atomic E-state index is 9.19. The number of nitrogens with zero attached hydrogens (tertiary/aromatic N) is 2. The van der Waals surface area contributed by atoms with Gasteiger partial charge < -0.3 is 10.2 Å². The third-order valence-electron chi connectivity index (χ3n) is 2.96. The largest absolute Gasteiger partial charge is 0.461 e. The highest BCUT2D eigenvalue weighted by atomic mass is 32.1. The molecule has 3 aromatic rings. The molecule has 0 aromatic carbocycles. The van der Waals surface area contributed by atoms with Gasteiger partial charge in [-0.1, -0.05) is 6.07 Å². The Morgan fingerprint density at radius 1 is 1.35 bits per heavy atom. The normalized spacial score (nSPS) is 10.4. The Morgan fingerprint density at radius 2 is 2.20 bits per heavy atom. The minimum absolute atomic E-state index is 0.481. The predicted octanol–water partition coefficient (Wildman–Crippen LogP) is 3.83. The van der Waals surface area contributed by atoms with Crippen molar-refractivity contribution in [1.29, 1.82) is 5.26 Å². The number of thiophene rings is 1. The molecule has 0 amide bonds. The summed E-state index contributed by atoms with van der Waals surface area (Å²) in [6, 6.07) is 9.68. The summed E-state index contributed by atoms with van der Waals surface area (Å²) < 4.78 is 5.67. The van der Waals surface area contributed by atoms with Crippen LogP contribution in [0.4, 0.5) is 5.69 Å². The number of anilines is 1. The molecule has 3 aromatic heterocycles. The van der Waals surface area contributed by atoms with Crippen molar-refractivity contribution in [2.24, 2.45) is 0 Å². The molecule has 3 rings (SSSR count). The molecule has 0 spiro atoms. The van der Waals surface area contributed by atoms with Crippen LogP contribution < -0.4 is 5.73 Å². The van der Waals surface area contributed by atoms with E-state index in [1.165, 1.54) is 11.3 Å². The lowest BCUT2D eigenvalue weighted by Gasteiger charge is -2.03. The Hall–Kier alpha value is -2.58. The molecule has 0 atom stereocenters. The molecule has 0 saturated heterocycles. The third kappa shape index (κ3) is 1.96. The van der Waals surface area contributed by atoms with Gasteiger partial charge in [-0.2, -0.15) is 5.26 Å². The smallest absolute Gasteiger partial charge is 0.144 e. The Kier molecular flexibility index (Phi) is 3.01. The van der Waals surface area contributed by atoms with Gasteiger partial charge in [-0.3, -0.25) is 4.98 Å². The average Bonchev–Trinajstić information content (AvgIpc) is 3.03. The van der Waals surface area contributed by atoms with Gasteiger partial charge in [0.1, 0.15) is 22.5 Å². The molecule has 4 nitrogen and oxygen atoms in total. The zero-order valence-corrected chi connectivity index (χ0v) is 11.6. The standard InChI is InChI=1S/C15H11N3OS/c1-9-4-5-11(19-9)15-13(10-3-2-6-18-8-10)14(17)12(7-16)20-15/h2-6,8H,17H2,1H3. The van der Waals surface area contributed by atoms with E-state index in [1.807, 2.05) is 31.2 Å². The number of pyridine rings is 1. The monoisotopic (exact) mass is 281 g/mol. The van der Waals surface area contributed by atoms with Crippen LogP contribution >= 0.6 is 11.3 Å². The van der Waals surface area contributed by atoms with Crippen molar-refractivity contribution in [2.75, 3.05) is 5.73 Å². The van der Waals surface area contributed by atoms with Gasteiger partial charge in [0, 0.05) is 23.5 Å². The van der Waals surface area contributed by atoms with Crippen LogP contribution in [0.3, 0.4) is 0 Å². The number of aromatic nitrogens is 1. The Labute approximate surface area is 120 Å². The fourth-order valence-electron chi connectivity index (χ4n) is 2.05. The van der Waals surface area contributed by atoms with Crippen LogP contribution in [-0.4, -0.2) is 4.98 Å². The first kappa shape index (κ1) is 12.5. The van der Waals surface area contributed by atoms with Crippen LogP contribution in [0.5, 0.6) is 0 Å². The molecule has 3 heterocycles. The summed E-state index contributed by atoms with van der Waals surface area (Å²) in [5.41, 5.74) is 8.29. The zero-order valence-electron chi connectivity index (χ0n) is 10.8. The van der Waals surface area contributed by atoms with Crippen LogP contribution in [0.15, 0.2) is 41.1 Å². The molecule has 98 valence electrons. The van der Waals surface area contributed by atoms with E-state index >= 15 is 0 Å². The second-order valence-corrected chi connectivity index (χ2v) is 5.33. The topological polar surface area (TPSA) is 75.8 Å². The molecular formula is C15H11N3OS. The number of nitrogens with two attached hydrogens (primary N) is 1. The first-order valence-electron chi connectivity index (χ1n) is 6.00. The van der Waals surface area contributed by atoms with Gasteiger partial charge in [0.2, 0.25) is 0 Å². The second-order valence-electron chi connectivity index (χ2n) is 4.31. The van der Waals surface area contributed by atoms with Crippen molar-refractivity contribution in [3.63, 3.8) is 0 Å².